The minimum atomic E-state index is -4.36. The number of aliphatic hydroxyl groups excluding tert-OH is 1. The number of aromatic nitrogens is 1. The van der Waals surface area contributed by atoms with Crippen molar-refractivity contribution in [3.8, 4) is 5.88 Å². The van der Waals surface area contributed by atoms with Crippen molar-refractivity contribution in [3.63, 3.8) is 0 Å². The number of alkyl halides is 3. The van der Waals surface area contributed by atoms with Gasteiger partial charge in [0.15, 0.2) is 6.61 Å². The Morgan fingerprint density at radius 3 is 2.62 bits per heavy atom. The van der Waals surface area contributed by atoms with Crippen LogP contribution in [0.5, 0.6) is 5.88 Å². The number of halogens is 3. The molecule has 0 aliphatic carbocycles. The third kappa shape index (κ3) is 4.79. The molecule has 0 bridgehead atoms. The molecule has 3 nitrogen and oxygen atoms in total. The molecule has 6 heteroatoms. The average molecular weight is 233 g/mol. The molecule has 0 unspecified atom stereocenters. The van der Waals surface area contributed by atoms with Gasteiger partial charge in [0.1, 0.15) is 0 Å². The van der Waals surface area contributed by atoms with Crippen LogP contribution in [-0.2, 0) is 0 Å². The summed E-state index contributed by atoms with van der Waals surface area (Å²) < 4.78 is 39.8. The molecule has 0 radical (unpaired) electrons. The van der Waals surface area contributed by atoms with Gasteiger partial charge in [0.25, 0.3) is 0 Å². The summed E-state index contributed by atoms with van der Waals surface area (Å²) in [6.07, 6.45) is 0.0861. The Kier molecular flexibility index (Phi) is 4.30. The van der Waals surface area contributed by atoms with Gasteiger partial charge in [-0.1, -0.05) is 12.2 Å². The van der Waals surface area contributed by atoms with Crippen LogP contribution in [0.2, 0.25) is 0 Å². The van der Waals surface area contributed by atoms with Crippen molar-refractivity contribution in [2.75, 3.05) is 13.2 Å². The van der Waals surface area contributed by atoms with Gasteiger partial charge in [0, 0.05) is 12.3 Å². The van der Waals surface area contributed by atoms with Crippen molar-refractivity contribution in [1.29, 1.82) is 0 Å². The molecule has 0 saturated heterocycles. The number of aliphatic hydroxyl groups is 1. The summed E-state index contributed by atoms with van der Waals surface area (Å²) in [7, 11) is 0. The second-order valence-electron chi connectivity index (χ2n) is 2.92. The van der Waals surface area contributed by atoms with Gasteiger partial charge >= 0.3 is 6.18 Å². The normalized spacial score (nSPS) is 12.0. The fourth-order valence-corrected chi connectivity index (χ4v) is 0.920. The first-order valence-electron chi connectivity index (χ1n) is 4.44. The van der Waals surface area contributed by atoms with Gasteiger partial charge in [0.2, 0.25) is 5.88 Å². The van der Waals surface area contributed by atoms with E-state index in [2.05, 4.69) is 9.72 Å². The van der Waals surface area contributed by atoms with Gasteiger partial charge in [-0.3, -0.25) is 0 Å². The van der Waals surface area contributed by atoms with E-state index in [9.17, 15) is 13.2 Å². The fourth-order valence-electron chi connectivity index (χ4n) is 0.920. The Bertz CT molecular complexity index is 346. The van der Waals surface area contributed by atoms with Crippen LogP contribution in [0.15, 0.2) is 24.4 Å². The van der Waals surface area contributed by atoms with Gasteiger partial charge in [-0.15, -0.1) is 0 Å². The van der Waals surface area contributed by atoms with E-state index in [0.717, 1.165) is 0 Å². The van der Waals surface area contributed by atoms with E-state index in [0.29, 0.717) is 5.56 Å². The molecule has 0 fully saturated rings. The Hall–Kier alpha value is -1.56. The zero-order valence-electron chi connectivity index (χ0n) is 8.24. The second-order valence-corrected chi connectivity index (χ2v) is 2.92. The number of nitrogens with zero attached hydrogens (tertiary/aromatic N) is 1. The molecule has 16 heavy (non-hydrogen) atoms. The van der Waals surface area contributed by atoms with Crippen molar-refractivity contribution in [2.45, 2.75) is 6.18 Å². The van der Waals surface area contributed by atoms with E-state index in [1.165, 1.54) is 18.3 Å². The Balaban J connectivity index is 2.55. The molecule has 0 amide bonds. The third-order valence-corrected chi connectivity index (χ3v) is 1.56. The van der Waals surface area contributed by atoms with Crippen LogP contribution in [0.4, 0.5) is 13.2 Å². The lowest BCUT2D eigenvalue weighted by molar-refractivity contribution is -0.154. The molecule has 1 rings (SSSR count). The van der Waals surface area contributed by atoms with Crippen LogP contribution in [0.3, 0.4) is 0 Å². The smallest absolute Gasteiger partial charge is 0.422 e. The SMILES string of the molecule is OCC=Cc1ccc(OCC(F)(F)F)nc1. The van der Waals surface area contributed by atoms with Crippen molar-refractivity contribution in [2.24, 2.45) is 0 Å². The first kappa shape index (κ1) is 12.5. The van der Waals surface area contributed by atoms with E-state index in [1.54, 1.807) is 12.1 Å². The highest BCUT2D eigenvalue weighted by Gasteiger charge is 2.28. The lowest BCUT2D eigenvalue weighted by Crippen LogP contribution is -2.19. The van der Waals surface area contributed by atoms with Crippen LogP contribution in [0.1, 0.15) is 5.56 Å². The maximum atomic E-state index is 11.8. The zero-order chi connectivity index (χ0) is 12.0. The number of hydrogen-bond acceptors (Lipinski definition) is 3. The third-order valence-electron chi connectivity index (χ3n) is 1.56. The second kappa shape index (κ2) is 5.50. The predicted octanol–water partition coefficient (Wildman–Crippen LogP) is 2.03. The van der Waals surface area contributed by atoms with Crippen molar-refractivity contribution < 1.29 is 23.0 Å². The van der Waals surface area contributed by atoms with Crippen molar-refractivity contribution in [3.05, 3.63) is 30.0 Å². The highest BCUT2D eigenvalue weighted by atomic mass is 19.4. The van der Waals surface area contributed by atoms with Gasteiger partial charge in [-0.25, -0.2) is 4.98 Å². The molecule has 0 aliphatic rings. The molecular formula is C10H10F3NO2. The quantitative estimate of drug-likeness (QED) is 0.865. The van der Waals surface area contributed by atoms with Gasteiger partial charge in [-0.05, 0) is 11.6 Å². The summed E-state index contributed by atoms with van der Waals surface area (Å²) >= 11 is 0. The molecule has 0 atom stereocenters. The van der Waals surface area contributed by atoms with Crippen LogP contribution in [0.25, 0.3) is 6.08 Å². The largest absolute Gasteiger partial charge is 0.468 e. The Morgan fingerprint density at radius 1 is 1.38 bits per heavy atom. The minimum Gasteiger partial charge on any atom is -0.468 e. The fraction of sp³-hybridized carbons (Fsp3) is 0.300. The topological polar surface area (TPSA) is 42.4 Å². The summed E-state index contributed by atoms with van der Waals surface area (Å²) in [4.78, 5) is 3.68. The highest BCUT2D eigenvalue weighted by molar-refractivity contribution is 5.48. The van der Waals surface area contributed by atoms with Crippen molar-refractivity contribution in [1.82, 2.24) is 4.98 Å². The molecule has 0 saturated carbocycles. The molecule has 0 spiro atoms. The molecule has 88 valence electrons. The molecule has 1 heterocycles. The Labute approximate surface area is 90.2 Å². The summed E-state index contributed by atoms with van der Waals surface area (Å²) in [6.45, 7) is -1.46. The minimum absolute atomic E-state index is 0.0847. The standard InChI is InChI=1S/C10H10F3NO2/c11-10(12,13)7-16-9-4-3-8(6-14-9)2-1-5-15/h1-4,6,15H,5,7H2. The summed E-state index contributed by atoms with van der Waals surface area (Å²) in [5.74, 6) is -0.0847. The van der Waals surface area contributed by atoms with E-state index >= 15 is 0 Å². The molecule has 1 N–H and O–H groups in total. The van der Waals surface area contributed by atoms with E-state index < -0.39 is 12.8 Å². The van der Waals surface area contributed by atoms with Crippen LogP contribution in [0, 0.1) is 0 Å². The number of rotatable bonds is 4. The molecular weight excluding hydrogens is 223 g/mol. The van der Waals surface area contributed by atoms with Gasteiger partial charge < -0.3 is 9.84 Å². The maximum absolute atomic E-state index is 11.8. The number of pyridine rings is 1. The first-order valence-corrected chi connectivity index (χ1v) is 4.44. The van der Waals surface area contributed by atoms with Crippen molar-refractivity contribution >= 4 is 6.08 Å². The summed E-state index contributed by atoms with van der Waals surface area (Å²) in [6, 6.07) is 2.88. The Morgan fingerprint density at radius 2 is 2.12 bits per heavy atom. The zero-order valence-corrected chi connectivity index (χ0v) is 8.24. The predicted molar refractivity (Wildman–Crippen MR) is 51.9 cm³/mol. The van der Waals surface area contributed by atoms with E-state index in [4.69, 9.17) is 5.11 Å². The average Bonchev–Trinajstić information content (AvgIpc) is 2.24. The van der Waals surface area contributed by atoms with Crippen LogP contribution >= 0.6 is 0 Å². The van der Waals surface area contributed by atoms with Gasteiger partial charge in [0.05, 0.1) is 6.61 Å². The maximum Gasteiger partial charge on any atom is 0.422 e. The van der Waals surface area contributed by atoms with Crippen LogP contribution < -0.4 is 4.74 Å². The molecule has 1 aromatic heterocycles. The number of ether oxygens (including phenoxy) is 1. The lowest BCUT2D eigenvalue weighted by atomic mass is 10.2. The molecule has 0 aromatic carbocycles. The van der Waals surface area contributed by atoms with E-state index in [-0.39, 0.29) is 12.5 Å². The lowest BCUT2D eigenvalue weighted by Gasteiger charge is -2.07. The van der Waals surface area contributed by atoms with E-state index in [1.807, 2.05) is 0 Å². The molecule has 0 aliphatic heterocycles. The monoisotopic (exact) mass is 233 g/mol. The van der Waals surface area contributed by atoms with Gasteiger partial charge in [-0.2, -0.15) is 13.2 Å². The first-order chi connectivity index (χ1) is 7.51. The highest BCUT2D eigenvalue weighted by Crippen LogP contribution is 2.17. The molecule has 1 aromatic rings. The number of hydrogen-bond donors (Lipinski definition) is 1. The summed E-state index contributed by atoms with van der Waals surface area (Å²) in [5.41, 5.74) is 0.674. The van der Waals surface area contributed by atoms with Crippen LogP contribution in [-0.4, -0.2) is 29.5 Å². The summed E-state index contributed by atoms with van der Waals surface area (Å²) in [5, 5.41) is 8.50.